The zero-order chi connectivity index (χ0) is 23.6. The lowest BCUT2D eigenvalue weighted by molar-refractivity contribution is -0.132. The van der Waals surface area contributed by atoms with Crippen molar-refractivity contribution >= 4 is 5.91 Å². The minimum atomic E-state index is -0.207. The molecule has 2 heterocycles. The first-order valence-corrected chi connectivity index (χ1v) is 11.6. The van der Waals surface area contributed by atoms with Gasteiger partial charge in [0, 0.05) is 45.1 Å². The molecule has 1 aliphatic rings. The summed E-state index contributed by atoms with van der Waals surface area (Å²) in [5.41, 5.74) is 5.24. The van der Waals surface area contributed by atoms with Crippen LogP contribution in [0.2, 0.25) is 0 Å². The average molecular weight is 449 g/mol. The maximum Gasteiger partial charge on any atom is 0.223 e. The third-order valence-electron chi connectivity index (χ3n) is 6.01. The number of halogens is 1. The highest BCUT2D eigenvalue weighted by atomic mass is 19.1. The lowest BCUT2D eigenvalue weighted by Gasteiger charge is -2.28. The van der Waals surface area contributed by atoms with E-state index < -0.39 is 0 Å². The molecule has 0 saturated carbocycles. The molecule has 1 aliphatic heterocycles. The smallest absolute Gasteiger partial charge is 0.223 e. The van der Waals surface area contributed by atoms with Gasteiger partial charge in [-0.3, -0.25) is 9.69 Å². The third-order valence-corrected chi connectivity index (χ3v) is 6.01. The van der Waals surface area contributed by atoms with Gasteiger partial charge in [-0.2, -0.15) is 5.10 Å². The molecule has 0 aliphatic carbocycles. The second-order valence-corrected chi connectivity index (χ2v) is 10.2. The standard InChI is InChI=1S/C27H33FN4O/c1-27(2,3)16-26(33)30(4)19-24-23-18-31(17-20-9-8-10-21(28)15-20)14-13-25(23)32(29-24)22-11-6-5-7-12-22/h5-12,15H,13-14,16-19H2,1-4H3. The van der Waals surface area contributed by atoms with E-state index in [9.17, 15) is 9.18 Å². The Balaban J connectivity index is 1.61. The zero-order valence-electron chi connectivity index (χ0n) is 20.0. The van der Waals surface area contributed by atoms with Crippen LogP contribution in [0.15, 0.2) is 54.6 Å². The van der Waals surface area contributed by atoms with Gasteiger partial charge in [-0.25, -0.2) is 9.07 Å². The van der Waals surface area contributed by atoms with Crippen LogP contribution in [0.1, 0.15) is 49.7 Å². The van der Waals surface area contributed by atoms with E-state index in [-0.39, 0.29) is 17.1 Å². The summed E-state index contributed by atoms with van der Waals surface area (Å²) in [5, 5.41) is 4.97. The van der Waals surface area contributed by atoms with Crippen LogP contribution in [0.3, 0.4) is 0 Å². The highest BCUT2D eigenvalue weighted by Crippen LogP contribution is 2.28. The number of hydrogen-bond acceptors (Lipinski definition) is 3. The van der Waals surface area contributed by atoms with Gasteiger partial charge < -0.3 is 4.90 Å². The number of carbonyl (C=O) groups is 1. The lowest BCUT2D eigenvalue weighted by Crippen LogP contribution is -2.32. The van der Waals surface area contributed by atoms with E-state index in [2.05, 4.69) is 37.8 Å². The molecule has 0 spiro atoms. The van der Waals surface area contributed by atoms with Gasteiger partial charge in [0.2, 0.25) is 5.91 Å². The van der Waals surface area contributed by atoms with Crippen molar-refractivity contribution in [3.8, 4) is 5.69 Å². The predicted molar refractivity (Wildman–Crippen MR) is 128 cm³/mol. The maximum absolute atomic E-state index is 13.7. The van der Waals surface area contributed by atoms with E-state index in [4.69, 9.17) is 5.10 Å². The first-order valence-electron chi connectivity index (χ1n) is 11.6. The van der Waals surface area contributed by atoms with Crippen LogP contribution >= 0.6 is 0 Å². The number of hydrogen-bond donors (Lipinski definition) is 0. The van der Waals surface area contributed by atoms with Gasteiger partial charge in [0.15, 0.2) is 0 Å². The largest absolute Gasteiger partial charge is 0.340 e. The molecule has 3 aromatic rings. The van der Waals surface area contributed by atoms with Gasteiger partial charge in [0.05, 0.1) is 23.6 Å². The molecule has 4 rings (SSSR count). The topological polar surface area (TPSA) is 41.4 Å². The van der Waals surface area contributed by atoms with Crippen molar-refractivity contribution in [3.63, 3.8) is 0 Å². The number of para-hydroxylation sites is 1. The highest BCUT2D eigenvalue weighted by molar-refractivity contribution is 5.76. The number of carbonyl (C=O) groups excluding carboxylic acids is 1. The Morgan fingerprint density at radius 3 is 2.58 bits per heavy atom. The summed E-state index contributed by atoms with van der Waals surface area (Å²) in [5.74, 6) is -0.0836. The van der Waals surface area contributed by atoms with Crippen LogP contribution in [0.25, 0.3) is 5.69 Å². The molecule has 0 bridgehead atoms. The van der Waals surface area contributed by atoms with E-state index in [1.54, 1.807) is 17.0 Å². The fourth-order valence-electron chi connectivity index (χ4n) is 4.38. The third kappa shape index (κ3) is 5.69. The first kappa shape index (κ1) is 23.2. The van der Waals surface area contributed by atoms with Crippen LogP contribution in [-0.2, 0) is 30.8 Å². The Morgan fingerprint density at radius 1 is 1.12 bits per heavy atom. The molecular formula is C27H33FN4O. The predicted octanol–water partition coefficient (Wildman–Crippen LogP) is 4.96. The molecule has 0 unspecified atom stereocenters. The molecule has 1 aromatic heterocycles. The number of aromatic nitrogens is 2. The minimum Gasteiger partial charge on any atom is -0.340 e. The summed E-state index contributed by atoms with van der Waals surface area (Å²) >= 11 is 0. The Bertz CT molecular complexity index is 1120. The summed E-state index contributed by atoms with van der Waals surface area (Å²) in [6.07, 6.45) is 1.35. The van der Waals surface area contributed by atoms with E-state index in [1.807, 2.05) is 36.0 Å². The molecule has 0 fully saturated rings. The Morgan fingerprint density at radius 2 is 1.88 bits per heavy atom. The Kier molecular flexibility index (Phi) is 6.66. The van der Waals surface area contributed by atoms with Gasteiger partial charge in [0.1, 0.15) is 5.82 Å². The molecular weight excluding hydrogens is 415 g/mol. The van der Waals surface area contributed by atoms with Gasteiger partial charge in [-0.05, 0) is 35.2 Å². The SMILES string of the molecule is CN(Cc1nn(-c2ccccc2)c2c1CN(Cc1cccc(F)c1)CC2)C(=O)CC(C)(C)C. The Hall–Kier alpha value is -2.99. The molecule has 0 saturated heterocycles. The van der Waals surface area contributed by atoms with Crippen LogP contribution in [0.5, 0.6) is 0 Å². The van der Waals surface area contributed by atoms with Gasteiger partial charge in [-0.15, -0.1) is 0 Å². The number of fused-ring (bicyclic) bond motifs is 1. The quantitative estimate of drug-likeness (QED) is 0.535. The molecule has 6 heteroatoms. The second kappa shape index (κ2) is 9.48. The number of benzene rings is 2. The van der Waals surface area contributed by atoms with Gasteiger partial charge >= 0.3 is 0 Å². The van der Waals surface area contributed by atoms with Crippen molar-refractivity contribution in [1.29, 1.82) is 0 Å². The fraction of sp³-hybridized carbons (Fsp3) is 0.407. The van der Waals surface area contributed by atoms with Crippen molar-refractivity contribution in [3.05, 3.63) is 82.9 Å². The normalized spacial score (nSPS) is 14.2. The number of nitrogens with zero attached hydrogens (tertiary/aromatic N) is 4. The molecule has 174 valence electrons. The summed E-state index contributed by atoms with van der Waals surface area (Å²) < 4.78 is 15.7. The number of rotatable bonds is 6. The van der Waals surface area contributed by atoms with Crippen LogP contribution < -0.4 is 0 Å². The van der Waals surface area contributed by atoms with Crippen LogP contribution in [0.4, 0.5) is 4.39 Å². The van der Waals surface area contributed by atoms with Crippen LogP contribution in [-0.4, -0.2) is 39.1 Å². The monoisotopic (exact) mass is 448 g/mol. The molecule has 2 aromatic carbocycles. The summed E-state index contributed by atoms with van der Waals surface area (Å²) in [6.45, 7) is 9.01. The van der Waals surface area contributed by atoms with Gasteiger partial charge in [0.25, 0.3) is 0 Å². The minimum absolute atomic E-state index is 0.0596. The Labute approximate surface area is 195 Å². The average Bonchev–Trinajstić information content (AvgIpc) is 3.11. The van der Waals surface area contributed by atoms with E-state index in [1.165, 1.54) is 17.3 Å². The van der Waals surface area contributed by atoms with Crippen molar-refractivity contribution in [1.82, 2.24) is 19.6 Å². The molecule has 0 atom stereocenters. The van der Waals surface area contributed by atoms with E-state index in [0.717, 1.165) is 36.5 Å². The van der Waals surface area contributed by atoms with E-state index >= 15 is 0 Å². The summed E-state index contributed by atoms with van der Waals surface area (Å²) in [7, 11) is 1.86. The number of amides is 1. The second-order valence-electron chi connectivity index (χ2n) is 10.2. The summed E-state index contributed by atoms with van der Waals surface area (Å²) in [4.78, 5) is 16.9. The van der Waals surface area contributed by atoms with Crippen molar-refractivity contribution in [2.45, 2.75) is 53.2 Å². The molecule has 5 nitrogen and oxygen atoms in total. The lowest BCUT2D eigenvalue weighted by atomic mass is 9.91. The van der Waals surface area contributed by atoms with E-state index in [0.29, 0.717) is 19.5 Å². The fourth-order valence-corrected chi connectivity index (χ4v) is 4.38. The molecule has 1 amide bonds. The zero-order valence-corrected chi connectivity index (χ0v) is 20.0. The first-order chi connectivity index (χ1) is 15.7. The molecule has 0 N–H and O–H groups in total. The van der Waals surface area contributed by atoms with Crippen molar-refractivity contribution in [2.24, 2.45) is 5.41 Å². The van der Waals surface area contributed by atoms with Crippen molar-refractivity contribution < 1.29 is 9.18 Å². The van der Waals surface area contributed by atoms with Crippen LogP contribution in [0, 0.1) is 11.2 Å². The summed E-state index contributed by atoms with van der Waals surface area (Å²) in [6, 6.07) is 16.9. The van der Waals surface area contributed by atoms with Gasteiger partial charge in [-0.1, -0.05) is 51.1 Å². The highest BCUT2D eigenvalue weighted by Gasteiger charge is 2.27. The van der Waals surface area contributed by atoms with Crippen molar-refractivity contribution in [2.75, 3.05) is 13.6 Å². The molecule has 0 radical (unpaired) electrons. The maximum atomic E-state index is 13.7. The molecule has 33 heavy (non-hydrogen) atoms.